The number of unbranched alkanes of at least 4 members (excludes halogenated alkanes) is 1. The van der Waals surface area contributed by atoms with Crippen LogP contribution in [0.2, 0.25) is 0 Å². The minimum atomic E-state index is 0. The first-order valence-corrected chi connectivity index (χ1v) is 15.9. The number of hydrogen-bond acceptors (Lipinski definition) is 0. The minimum absolute atomic E-state index is 0. The fraction of sp³-hybridized carbons (Fsp3) is 0.316. The van der Waals surface area contributed by atoms with Gasteiger partial charge in [-0.1, -0.05) is 65.3 Å². The van der Waals surface area contributed by atoms with Gasteiger partial charge in [0, 0.05) is 0 Å². The molecule has 3 heteroatoms. The van der Waals surface area contributed by atoms with Crippen molar-refractivity contribution in [1.82, 2.24) is 0 Å². The molecule has 0 N–H and O–H groups in total. The van der Waals surface area contributed by atoms with Gasteiger partial charge in [0.2, 0.25) is 0 Å². The second-order valence-corrected chi connectivity index (χ2v) is 14.5. The summed E-state index contributed by atoms with van der Waals surface area (Å²) in [5.74, 6) is 0. The van der Waals surface area contributed by atoms with E-state index in [0.717, 1.165) is 12.8 Å². The Bertz CT molecular complexity index is 1260. The van der Waals surface area contributed by atoms with Gasteiger partial charge in [0.25, 0.3) is 0 Å². The number of rotatable bonds is 5. The zero-order valence-corrected chi connectivity index (χ0v) is 30.6. The van der Waals surface area contributed by atoms with Gasteiger partial charge in [0.15, 0.2) is 0 Å². The van der Waals surface area contributed by atoms with E-state index in [0.29, 0.717) is 0 Å². The van der Waals surface area contributed by atoms with Gasteiger partial charge in [-0.25, -0.2) is 12.1 Å². The van der Waals surface area contributed by atoms with E-state index >= 15 is 0 Å². The first-order valence-electron chi connectivity index (χ1n) is 14.1. The van der Waals surface area contributed by atoms with Crippen molar-refractivity contribution >= 4 is 3.26 Å². The van der Waals surface area contributed by atoms with E-state index < -0.39 is 0 Å². The van der Waals surface area contributed by atoms with Gasteiger partial charge < -0.3 is 24.8 Å². The maximum atomic E-state index is 3.73. The molecule has 0 bridgehead atoms. The van der Waals surface area contributed by atoms with Gasteiger partial charge in [-0.05, 0) is 28.4 Å². The zero-order valence-electron chi connectivity index (χ0n) is 25.5. The second-order valence-electron chi connectivity index (χ2n) is 12.3. The molecule has 0 saturated carbocycles. The molecular formula is C38H44Cl2Hf-2. The van der Waals surface area contributed by atoms with Gasteiger partial charge in [-0.3, -0.25) is 0 Å². The Morgan fingerprint density at radius 2 is 1.49 bits per heavy atom. The maximum Gasteiger partial charge on any atom is -0.0132 e. The number of benzene rings is 3. The molecule has 0 fully saturated rings. The molecular weight excluding hydrogens is 706 g/mol. The summed E-state index contributed by atoms with van der Waals surface area (Å²) in [6.07, 6.45) is 6.65. The molecule has 0 aliphatic heterocycles. The van der Waals surface area contributed by atoms with Crippen LogP contribution in [-0.2, 0) is 41.1 Å². The van der Waals surface area contributed by atoms with Crippen molar-refractivity contribution in [1.29, 1.82) is 0 Å². The first-order chi connectivity index (χ1) is 18.5. The average molecular weight is 750 g/mol. The summed E-state index contributed by atoms with van der Waals surface area (Å²) in [7, 11) is 0. The van der Waals surface area contributed by atoms with Crippen LogP contribution < -0.4 is 24.8 Å². The maximum absolute atomic E-state index is 3.73. The summed E-state index contributed by atoms with van der Waals surface area (Å²) in [4.78, 5) is 0. The summed E-state index contributed by atoms with van der Waals surface area (Å²) in [6, 6.07) is 35.9. The van der Waals surface area contributed by atoms with E-state index in [1.54, 1.807) is 3.26 Å². The van der Waals surface area contributed by atoms with Crippen LogP contribution in [0.25, 0.3) is 11.1 Å². The predicted octanol–water partition coefficient (Wildman–Crippen LogP) is 4.18. The predicted molar refractivity (Wildman–Crippen MR) is 168 cm³/mol. The Balaban J connectivity index is 0.000000359. The summed E-state index contributed by atoms with van der Waals surface area (Å²) in [5, 5.41) is 0. The monoisotopic (exact) mass is 750 g/mol. The number of allylic oxidation sites excluding steroid dienone is 1. The van der Waals surface area contributed by atoms with Gasteiger partial charge in [0.1, 0.15) is 0 Å². The Labute approximate surface area is 276 Å². The molecule has 0 saturated heterocycles. The van der Waals surface area contributed by atoms with Crippen LogP contribution in [0.1, 0.15) is 88.6 Å². The zero-order chi connectivity index (χ0) is 28.5. The van der Waals surface area contributed by atoms with Crippen LogP contribution >= 0.6 is 0 Å². The molecule has 216 valence electrons. The largest absolute Gasteiger partial charge is 1.00 e. The summed E-state index contributed by atoms with van der Waals surface area (Å²) in [6.45, 7) is 17.3. The molecule has 0 nitrogen and oxygen atoms in total. The van der Waals surface area contributed by atoms with E-state index in [4.69, 9.17) is 0 Å². The Morgan fingerprint density at radius 3 is 2.02 bits per heavy atom. The van der Waals surface area contributed by atoms with Crippen LogP contribution in [0.3, 0.4) is 0 Å². The van der Waals surface area contributed by atoms with Crippen molar-refractivity contribution in [2.45, 2.75) is 78.1 Å². The number of halogens is 2. The Kier molecular flexibility index (Phi) is 15.6. The molecule has 0 radical (unpaired) electrons. The molecule has 4 aromatic carbocycles. The van der Waals surface area contributed by atoms with Crippen molar-refractivity contribution in [3.8, 4) is 11.1 Å². The fourth-order valence-electron chi connectivity index (χ4n) is 4.56. The van der Waals surface area contributed by atoms with Crippen LogP contribution in [0.15, 0.2) is 104 Å². The molecule has 41 heavy (non-hydrogen) atoms. The average Bonchev–Trinajstić information content (AvgIpc) is 3.60. The van der Waals surface area contributed by atoms with E-state index in [1.807, 2.05) is 36.4 Å². The van der Waals surface area contributed by atoms with Crippen molar-refractivity contribution in [2.24, 2.45) is 0 Å². The van der Waals surface area contributed by atoms with Crippen LogP contribution in [-0.4, -0.2) is 3.26 Å². The first kappa shape index (κ1) is 37.1. The normalized spacial score (nSPS) is 11.2. The molecule has 0 aromatic heterocycles. The number of hydrogen-bond donors (Lipinski definition) is 0. The summed E-state index contributed by atoms with van der Waals surface area (Å²) < 4.78 is 1.61. The minimum Gasteiger partial charge on any atom is -1.00 e. The third kappa shape index (κ3) is 11.3. The van der Waals surface area contributed by atoms with E-state index in [-0.39, 0.29) is 35.6 Å². The smallest absolute Gasteiger partial charge is 0.0132 e. The molecule has 1 aliphatic carbocycles. The van der Waals surface area contributed by atoms with Crippen LogP contribution in [0.4, 0.5) is 0 Å². The van der Waals surface area contributed by atoms with E-state index in [9.17, 15) is 0 Å². The number of fused-ring (bicyclic) bond motifs is 3. The summed E-state index contributed by atoms with van der Waals surface area (Å²) >= 11 is 1.18. The Morgan fingerprint density at radius 1 is 0.854 bits per heavy atom. The molecule has 0 amide bonds. The SMILES string of the molecule is C=CCCC[C](=[Hf+2])c1ccccc1.CC(C)(C)c1[c-]c2c(cc1)-c1ccc(C(C)(C)C)cc1C2.[Cl-].[Cl-].c1cc[cH-]c1. The molecule has 0 atom stereocenters. The second kappa shape index (κ2) is 17.3. The Hall–Kier alpha value is -1.93. The van der Waals surface area contributed by atoms with Gasteiger partial charge in [-0.2, -0.15) is 42.0 Å². The van der Waals surface area contributed by atoms with Crippen molar-refractivity contribution < 1.29 is 48.7 Å². The molecule has 0 spiro atoms. The molecule has 0 heterocycles. The standard InChI is InChI=1S/C21H25.C12H14.C5H5.2ClH.Hf/c1-20(2,3)16-7-9-18-14(12-16)11-15-13-17(21(4,5)6)8-10-19(15)18;1-2-3-4-6-9-12-10-7-5-8-11-12;1-2-4-5-3-1;;;/h7-10,12H,11H2,1-6H3;2,5,7-8,10-11H,1,3-4,6H2;1-5H;2*1H;/q-1;;-1;;;+2/p-2. The van der Waals surface area contributed by atoms with Gasteiger partial charge in [-0.15, -0.1) is 11.1 Å². The molecule has 5 rings (SSSR count). The van der Waals surface area contributed by atoms with E-state index in [1.165, 1.54) is 75.7 Å². The van der Waals surface area contributed by atoms with Crippen LogP contribution in [0.5, 0.6) is 0 Å². The van der Waals surface area contributed by atoms with Crippen molar-refractivity contribution in [3.63, 3.8) is 0 Å². The molecule has 1 aliphatic rings. The van der Waals surface area contributed by atoms with E-state index in [2.05, 4.69) is 115 Å². The third-order valence-electron chi connectivity index (χ3n) is 6.98. The van der Waals surface area contributed by atoms with Gasteiger partial charge >= 0.3 is 95.0 Å². The van der Waals surface area contributed by atoms with Crippen molar-refractivity contribution in [3.05, 3.63) is 138 Å². The molecule has 4 aromatic rings. The van der Waals surface area contributed by atoms with Crippen LogP contribution in [0, 0.1) is 6.07 Å². The quantitative estimate of drug-likeness (QED) is 0.110. The van der Waals surface area contributed by atoms with Gasteiger partial charge in [0.05, 0.1) is 0 Å². The molecule has 0 unspecified atom stereocenters. The fourth-order valence-corrected chi connectivity index (χ4v) is 5.79. The topological polar surface area (TPSA) is 0 Å². The van der Waals surface area contributed by atoms with Crippen molar-refractivity contribution in [2.75, 3.05) is 0 Å². The summed E-state index contributed by atoms with van der Waals surface area (Å²) in [5.41, 5.74) is 10.1. The third-order valence-corrected chi connectivity index (χ3v) is 8.91.